The first-order chi connectivity index (χ1) is 8.65. The molecule has 0 fully saturated rings. The van der Waals surface area contributed by atoms with Crippen molar-refractivity contribution < 1.29 is 9.32 Å². The number of hydrogen-bond donors (Lipinski definition) is 1. The summed E-state index contributed by atoms with van der Waals surface area (Å²) in [6.07, 6.45) is 0.118. The molecule has 94 valence electrons. The molecule has 1 heterocycles. The molecule has 0 saturated carbocycles. The molecule has 1 aromatic carbocycles. The summed E-state index contributed by atoms with van der Waals surface area (Å²) in [4.78, 5) is 15.7. The van der Waals surface area contributed by atoms with Crippen LogP contribution >= 0.6 is 0 Å². The predicted octanol–water partition coefficient (Wildman–Crippen LogP) is 1.55. The molecule has 0 atom stereocenters. The van der Waals surface area contributed by atoms with Crippen LogP contribution in [-0.2, 0) is 17.8 Å². The van der Waals surface area contributed by atoms with Gasteiger partial charge in [0.2, 0.25) is 11.8 Å². The Balaban J connectivity index is 1.87. The van der Waals surface area contributed by atoms with Crippen molar-refractivity contribution in [1.82, 2.24) is 15.5 Å². The van der Waals surface area contributed by atoms with Gasteiger partial charge in [0.15, 0.2) is 5.82 Å². The third kappa shape index (κ3) is 3.16. The minimum absolute atomic E-state index is 0.118. The van der Waals surface area contributed by atoms with Crippen molar-refractivity contribution in [1.29, 1.82) is 0 Å². The molecule has 1 amide bonds. The summed E-state index contributed by atoms with van der Waals surface area (Å²) in [5.41, 5.74) is 2.26. The number of hydrogen-bond acceptors (Lipinski definition) is 4. The highest BCUT2D eigenvalue weighted by atomic mass is 16.5. The number of benzene rings is 1. The number of amides is 1. The molecular weight excluding hydrogens is 230 g/mol. The third-order valence-electron chi connectivity index (χ3n) is 2.62. The highest BCUT2D eigenvalue weighted by Crippen LogP contribution is 2.06. The predicted molar refractivity (Wildman–Crippen MR) is 65.8 cm³/mol. The van der Waals surface area contributed by atoms with Gasteiger partial charge in [-0.25, -0.2) is 0 Å². The average Bonchev–Trinajstić information content (AvgIpc) is 2.74. The van der Waals surface area contributed by atoms with E-state index in [4.69, 9.17) is 4.52 Å². The van der Waals surface area contributed by atoms with Gasteiger partial charge in [-0.2, -0.15) is 4.98 Å². The standard InChI is InChI=1S/C13H15N3O2/c1-9-5-3-4-6-11(9)8-14-12(17)7-13-15-10(2)16-18-13/h3-6H,7-8H2,1-2H3,(H,14,17). The molecule has 5 nitrogen and oxygen atoms in total. The zero-order valence-corrected chi connectivity index (χ0v) is 10.4. The molecule has 18 heavy (non-hydrogen) atoms. The van der Waals surface area contributed by atoms with Crippen molar-refractivity contribution in [3.05, 3.63) is 47.1 Å². The van der Waals surface area contributed by atoms with E-state index in [9.17, 15) is 4.79 Å². The zero-order chi connectivity index (χ0) is 13.0. The van der Waals surface area contributed by atoms with Crippen molar-refractivity contribution in [2.75, 3.05) is 0 Å². The van der Waals surface area contributed by atoms with Crippen LogP contribution in [0, 0.1) is 13.8 Å². The Morgan fingerprint density at radius 2 is 2.11 bits per heavy atom. The van der Waals surface area contributed by atoms with E-state index in [2.05, 4.69) is 15.5 Å². The lowest BCUT2D eigenvalue weighted by molar-refractivity contribution is -0.120. The molecule has 0 saturated heterocycles. The topological polar surface area (TPSA) is 68.0 Å². The molecule has 1 N–H and O–H groups in total. The van der Waals surface area contributed by atoms with Crippen LogP contribution in [0.15, 0.2) is 28.8 Å². The summed E-state index contributed by atoms with van der Waals surface area (Å²) in [6, 6.07) is 7.94. The van der Waals surface area contributed by atoms with E-state index in [0.717, 1.165) is 11.1 Å². The van der Waals surface area contributed by atoms with E-state index in [1.54, 1.807) is 6.92 Å². The maximum atomic E-state index is 11.7. The van der Waals surface area contributed by atoms with Gasteiger partial charge in [0, 0.05) is 6.54 Å². The Kier molecular flexibility index (Phi) is 3.72. The maximum absolute atomic E-state index is 11.7. The van der Waals surface area contributed by atoms with E-state index in [-0.39, 0.29) is 12.3 Å². The van der Waals surface area contributed by atoms with Gasteiger partial charge in [-0.05, 0) is 25.0 Å². The van der Waals surface area contributed by atoms with Crippen LogP contribution in [0.2, 0.25) is 0 Å². The molecule has 2 rings (SSSR count). The van der Waals surface area contributed by atoms with Crippen molar-refractivity contribution >= 4 is 5.91 Å². The second-order valence-corrected chi connectivity index (χ2v) is 4.12. The van der Waals surface area contributed by atoms with Crippen LogP contribution in [0.1, 0.15) is 22.8 Å². The Hall–Kier alpha value is -2.17. The first kappa shape index (κ1) is 12.3. The molecule has 5 heteroatoms. The van der Waals surface area contributed by atoms with E-state index in [1.165, 1.54) is 0 Å². The minimum Gasteiger partial charge on any atom is -0.352 e. The van der Waals surface area contributed by atoms with E-state index in [0.29, 0.717) is 18.3 Å². The maximum Gasteiger partial charge on any atom is 0.236 e. The fourth-order valence-corrected chi connectivity index (χ4v) is 1.61. The summed E-state index contributed by atoms with van der Waals surface area (Å²) >= 11 is 0. The molecule has 0 bridgehead atoms. The molecule has 0 aliphatic rings. The smallest absolute Gasteiger partial charge is 0.236 e. The van der Waals surface area contributed by atoms with Crippen LogP contribution in [-0.4, -0.2) is 16.0 Å². The van der Waals surface area contributed by atoms with Crippen molar-refractivity contribution in [2.24, 2.45) is 0 Å². The van der Waals surface area contributed by atoms with Crippen LogP contribution in [0.4, 0.5) is 0 Å². The molecule has 1 aromatic heterocycles. The van der Waals surface area contributed by atoms with Gasteiger partial charge in [0.25, 0.3) is 0 Å². The van der Waals surface area contributed by atoms with Gasteiger partial charge in [-0.15, -0.1) is 0 Å². The van der Waals surface area contributed by atoms with Gasteiger partial charge in [0.05, 0.1) is 0 Å². The number of carbonyl (C=O) groups is 1. The lowest BCUT2D eigenvalue weighted by atomic mass is 10.1. The molecule has 0 aliphatic carbocycles. The number of rotatable bonds is 4. The first-order valence-electron chi connectivity index (χ1n) is 5.75. The van der Waals surface area contributed by atoms with Gasteiger partial charge in [-0.1, -0.05) is 29.4 Å². The first-order valence-corrected chi connectivity index (χ1v) is 5.75. The van der Waals surface area contributed by atoms with Crippen molar-refractivity contribution in [3.63, 3.8) is 0 Å². The second-order valence-electron chi connectivity index (χ2n) is 4.12. The Labute approximate surface area is 105 Å². The normalized spacial score (nSPS) is 10.3. The fourth-order valence-electron chi connectivity index (χ4n) is 1.61. The van der Waals surface area contributed by atoms with Crippen LogP contribution in [0.3, 0.4) is 0 Å². The van der Waals surface area contributed by atoms with Gasteiger partial charge >= 0.3 is 0 Å². The Morgan fingerprint density at radius 3 is 2.78 bits per heavy atom. The number of carbonyl (C=O) groups excluding carboxylic acids is 1. The Bertz CT molecular complexity index is 549. The lowest BCUT2D eigenvalue weighted by Crippen LogP contribution is -2.25. The highest BCUT2D eigenvalue weighted by Gasteiger charge is 2.09. The number of aryl methyl sites for hydroxylation is 2. The van der Waals surface area contributed by atoms with E-state index >= 15 is 0 Å². The summed E-state index contributed by atoms with van der Waals surface area (Å²) in [5, 5.41) is 6.47. The molecule has 0 unspecified atom stereocenters. The van der Waals surface area contributed by atoms with Crippen molar-refractivity contribution in [3.8, 4) is 0 Å². The Morgan fingerprint density at radius 1 is 1.33 bits per heavy atom. The van der Waals surface area contributed by atoms with Crippen LogP contribution in [0.25, 0.3) is 0 Å². The molecular formula is C13H15N3O2. The average molecular weight is 245 g/mol. The monoisotopic (exact) mass is 245 g/mol. The van der Waals surface area contributed by atoms with E-state index < -0.39 is 0 Å². The van der Waals surface area contributed by atoms with Gasteiger partial charge < -0.3 is 9.84 Å². The quantitative estimate of drug-likeness (QED) is 0.887. The molecule has 0 radical (unpaired) electrons. The second kappa shape index (κ2) is 5.44. The van der Waals surface area contributed by atoms with Gasteiger partial charge in [-0.3, -0.25) is 4.79 Å². The largest absolute Gasteiger partial charge is 0.352 e. The molecule has 0 aliphatic heterocycles. The van der Waals surface area contributed by atoms with Gasteiger partial charge in [0.1, 0.15) is 6.42 Å². The third-order valence-corrected chi connectivity index (χ3v) is 2.62. The summed E-state index contributed by atoms with van der Waals surface area (Å²) < 4.78 is 4.89. The van der Waals surface area contributed by atoms with E-state index in [1.807, 2.05) is 31.2 Å². The number of nitrogens with one attached hydrogen (secondary N) is 1. The fraction of sp³-hybridized carbons (Fsp3) is 0.308. The summed E-state index contributed by atoms with van der Waals surface area (Å²) in [5.74, 6) is 0.758. The summed E-state index contributed by atoms with van der Waals surface area (Å²) in [6.45, 7) is 4.25. The van der Waals surface area contributed by atoms with Crippen LogP contribution < -0.4 is 5.32 Å². The number of aromatic nitrogens is 2. The zero-order valence-electron chi connectivity index (χ0n) is 10.4. The SMILES string of the molecule is Cc1noc(CC(=O)NCc2ccccc2C)n1. The number of nitrogens with zero attached hydrogens (tertiary/aromatic N) is 2. The summed E-state index contributed by atoms with van der Waals surface area (Å²) in [7, 11) is 0. The lowest BCUT2D eigenvalue weighted by Gasteiger charge is -2.06. The van der Waals surface area contributed by atoms with Crippen LogP contribution in [0.5, 0.6) is 0 Å². The highest BCUT2D eigenvalue weighted by molar-refractivity contribution is 5.77. The minimum atomic E-state index is -0.123. The van der Waals surface area contributed by atoms with Crippen molar-refractivity contribution in [2.45, 2.75) is 26.8 Å². The molecule has 0 spiro atoms. The molecule has 2 aromatic rings.